The van der Waals surface area contributed by atoms with E-state index in [1.54, 1.807) is 14.2 Å². The summed E-state index contributed by atoms with van der Waals surface area (Å²) in [5.74, 6) is -1.21. The summed E-state index contributed by atoms with van der Waals surface area (Å²) in [7, 11) is 5.57. The van der Waals surface area contributed by atoms with Crippen LogP contribution in [0.4, 0.5) is 23.7 Å². The Hall–Kier alpha value is -3.47. The monoisotopic (exact) mass is 563 g/mol. The topological polar surface area (TPSA) is 100 Å². The number of likely N-dealkylation sites (tertiary alicyclic amines) is 1. The number of nitrogens with one attached hydrogen (secondary N) is 2. The summed E-state index contributed by atoms with van der Waals surface area (Å²) < 4.78 is 42.8. The van der Waals surface area contributed by atoms with E-state index in [9.17, 15) is 18.0 Å². The molecule has 5 rings (SSSR count). The molecule has 0 spiro atoms. The lowest BCUT2D eigenvalue weighted by molar-refractivity contribution is -0.192. The number of aryl methyl sites for hydroxylation is 2. The molecule has 1 saturated heterocycles. The van der Waals surface area contributed by atoms with Crippen LogP contribution in [-0.4, -0.2) is 68.1 Å². The van der Waals surface area contributed by atoms with Crippen LogP contribution < -0.4 is 20.1 Å². The number of nitrogens with zero attached hydrogens (tertiary/aromatic N) is 1. The van der Waals surface area contributed by atoms with Gasteiger partial charge in [-0.3, -0.25) is 0 Å². The summed E-state index contributed by atoms with van der Waals surface area (Å²) in [6, 6.07) is 13.1. The molecule has 3 atom stereocenters. The molecule has 1 heterocycles. The largest absolute Gasteiger partial charge is 0.493 e. The molecular weight excluding hydrogens is 527 g/mol. The molecule has 3 N–H and O–H groups in total. The Bertz CT molecular complexity index is 1240. The first-order valence-corrected chi connectivity index (χ1v) is 13.4. The van der Waals surface area contributed by atoms with E-state index < -0.39 is 12.1 Å². The smallest absolute Gasteiger partial charge is 0.490 e. The number of amides is 2. The number of carboxylic acids is 1. The van der Waals surface area contributed by atoms with Crippen LogP contribution in [0.5, 0.6) is 11.5 Å². The van der Waals surface area contributed by atoms with Crippen LogP contribution in [-0.2, 0) is 23.1 Å². The van der Waals surface area contributed by atoms with Gasteiger partial charge in [0.1, 0.15) is 0 Å². The molecule has 2 aliphatic carbocycles. The zero-order valence-corrected chi connectivity index (χ0v) is 22.9. The van der Waals surface area contributed by atoms with Crippen LogP contribution in [0, 0.1) is 0 Å². The molecule has 3 aliphatic rings. The van der Waals surface area contributed by atoms with Crippen LogP contribution in [0.25, 0.3) is 0 Å². The van der Waals surface area contributed by atoms with E-state index >= 15 is 0 Å². The maximum atomic E-state index is 12.8. The predicted molar refractivity (Wildman–Crippen MR) is 144 cm³/mol. The van der Waals surface area contributed by atoms with Gasteiger partial charge in [0, 0.05) is 23.2 Å². The minimum absolute atomic E-state index is 0.0863. The molecule has 1 saturated carbocycles. The molecule has 0 bridgehead atoms. The fraction of sp³-hybridized carbons (Fsp3) is 0.517. The number of carbonyl (C=O) groups is 2. The van der Waals surface area contributed by atoms with E-state index in [1.807, 2.05) is 12.1 Å². The van der Waals surface area contributed by atoms with Crippen molar-refractivity contribution in [2.45, 2.75) is 68.6 Å². The summed E-state index contributed by atoms with van der Waals surface area (Å²) in [5.41, 5.74) is 5.09. The minimum Gasteiger partial charge on any atom is -0.493 e. The lowest BCUT2D eigenvalue weighted by atomic mass is 9.65. The van der Waals surface area contributed by atoms with Crippen LogP contribution >= 0.6 is 0 Å². The number of hydrogen-bond acceptors (Lipinski definition) is 5. The van der Waals surface area contributed by atoms with Crippen molar-refractivity contribution in [2.75, 3.05) is 33.1 Å². The van der Waals surface area contributed by atoms with Crippen molar-refractivity contribution in [3.8, 4) is 11.5 Å². The highest BCUT2D eigenvalue weighted by Crippen LogP contribution is 2.49. The molecule has 2 aromatic rings. The summed E-state index contributed by atoms with van der Waals surface area (Å²) in [4.78, 5) is 24.1. The normalized spacial score (nSPS) is 23.8. The number of benzene rings is 2. The molecule has 1 aliphatic heterocycles. The van der Waals surface area contributed by atoms with Gasteiger partial charge in [-0.1, -0.05) is 12.1 Å². The Labute approximate surface area is 231 Å². The number of fused-ring (bicyclic) bond motifs is 2. The van der Waals surface area contributed by atoms with E-state index in [1.165, 1.54) is 23.1 Å². The quantitative estimate of drug-likeness (QED) is 0.466. The zero-order valence-electron chi connectivity index (χ0n) is 22.9. The highest BCUT2D eigenvalue weighted by molar-refractivity contribution is 5.89. The van der Waals surface area contributed by atoms with Gasteiger partial charge in [0.15, 0.2) is 11.5 Å². The van der Waals surface area contributed by atoms with E-state index in [0.29, 0.717) is 6.04 Å². The van der Waals surface area contributed by atoms with Crippen molar-refractivity contribution in [1.82, 2.24) is 10.2 Å². The lowest BCUT2D eigenvalue weighted by Crippen LogP contribution is -2.52. The fourth-order valence-corrected chi connectivity index (χ4v) is 6.40. The first-order chi connectivity index (χ1) is 19.0. The van der Waals surface area contributed by atoms with E-state index in [2.05, 4.69) is 46.8 Å². The first-order valence-electron chi connectivity index (χ1n) is 13.4. The minimum atomic E-state index is -5.08. The molecule has 2 fully saturated rings. The summed E-state index contributed by atoms with van der Waals surface area (Å²) in [5, 5.41) is 13.4. The van der Waals surface area contributed by atoms with Crippen LogP contribution in [0.3, 0.4) is 0 Å². The Morgan fingerprint density at radius 1 is 1.02 bits per heavy atom. The van der Waals surface area contributed by atoms with Crippen molar-refractivity contribution < 1.29 is 37.3 Å². The third-order valence-electron chi connectivity index (χ3n) is 8.42. The third-order valence-corrected chi connectivity index (χ3v) is 8.42. The van der Waals surface area contributed by atoms with Crippen LogP contribution in [0.1, 0.15) is 48.8 Å². The highest BCUT2D eigenvalue weighted by atomic mass is 19.4. The Balaban J connectivity index is 0.000000470. The molecule has 2 amide bonds. The number of urea groups is 1. The number of ether oxygens (including phenoxy) is 2. The molecule has 0 radical (unpaired) electrons. The number of aliphatic carboxylic acids is 1. The number of alkyl halides is 3. The number of carboxylic acid groups (broad SMARTS) is 1. The van der Waals surface area contributed by atoms with Gasteiger partial charge in [-0.25, -0.2) is 9.59 Å². The van der Waals surface area contributed by atoms with Gasteiger partial charge in [-0.2, -0.15) is 13.2 Å². The van der Waals surface area contributed by atoms with Crippen molar-refractivity contribution in [3.05, 3.63) is 53.1 Å². The number of halogens is 3. The van der Waals surface area contributed by atoms with Gasteiger partial charge in [0.05, 0.1) is 14.2 Å². The second-order valence-corrected chi connectivity index (χ2v) is 10.7. The van der Waals surface area contributed by atoms with Crippen molar-refractivity contribution in [2.24, 2.45) is 0 Å². The van der Waals surface area contributed by atoms with Crippen molar-refractivity contribution in [1.29, 1.82) is 0 Å². The molecular formula is C29H36F3N3O5. The molecule has 11 heteroatoms. The molecule has 3 unspecified atom stereocenters. The molecule has 0 aromatic heterocycles. The number of anilines is 1. The number of carbonyl (C=O) groups excluding carboxylic acids is 1. The van der Waals surface area contributed by atoms with Crippen LogP contribution in [0.15, 0.2) is 36.4 Å². The maximum Gasteiger partial charge on any atom is 0.490 e. The van der Waals surface area contributed by atoms with Gasteiger partial charge in [-0.05, 0) is 99.5 Å². The first kappa shape index (κ1) is 29.5. The number of rotatable bonds is 5. The van der Waals surface area contributed by atoms with Gasteiger partial charge in [0.2, 0.25) is 0 Å². The highest BCUT2D eigenvalue weighted by Gasteiger charge is 2.50. The standard InChI is InChI=1S/C27H35N3O3.C2HF3O2/c1-30-14-13-27(20-8-10-23(32-2)24(16-20)33-3)12-11-22(17-25(27)30)29-26(31)28-21-9-7-18-5-4-6-19(18)15-21;3-2(4,5)1(6)7/h7-10,15-16,22,25H,4-6,11-14,17H2,1-3H3,(H2,28,29,31);(H,6,7). The summed E-state index contributed by atoms with van der Waals surface area (Å²) in [6.45, 7) is 1.06. The van der Waals surface area contributed by atoms with E-state index in [4.69, 9.17) is 19.4 Å². The summed E-state index contributed by atoms with van der Waals surface area (Å²) in [6.07, 6.45) is 2.48. The fourth-order valence-electron chi connectivity index (χ4n) is 6.40. The van der Waals surface area contributed by atoms with Gasteiger partial charge in [0.25, 0.3) is 0 Å². The number of hydrogen-bond donors (Lipinski definition) is 3. The lowest BCUT2D eigenvalue weighted by Gasteiger charge is -2.45. The van der Waals surface area contributed by atoms with Gasteiger partial charge < -0.3 is 30.1 Å². The predicted octanol–water partition coefficient (Wildman–Crippen LogP) is 5.14. The van der Waals surface area contributed by atoms with Gasteiger partial charge >= 0.3 is 18.2 Å². The maximum absolute atomic E-state index is 12.8. The molecule has 8 nitrogen and oxygen atoms in total. The molecule has 218 valence electrons. The Kier molecular flexibility index (Phi) is 8.82. The number of methoxy groups -OCH3 is 2. The van der Waals surface area contributed by atoms with E-state index in [0.717, 1.165) is 62.3 Å². The molecule has 2 aromatic carbocycles. The second kappa shape index (κ2) is 12.0. The van der Waals surface area contributed by atoms with E-state index in [-0.39, 0.29) is 17.5 Å². The van der Waals surface area contributed by atoms with Crippen molar-refractivity contribution in [3.63, 3.8) is 0 Å². The number of likely N-dealkylation sites (N-methyl/N-ethyl adjacent to an activating group) is 1. The average Bonchev–Trinajstić information content (AvgIpc) is 3.52. The van der Waals surface area contributed by atoms with Gasteiger partial charge in [-0.15, -0.1) is 0 Å². The average molecular weight is 564 g/mol. The Morgan fingerprint density at radius 3 is 2.40 bits per heavy atom. The van der Waals surface area contributed by atoms with Crippen LogP contribution in [0.2, 0.25) is 0 Å². The Morgan fingerprint density at radius 2 is 1.73 bits per heavy atom. The SMILES string of the molecule is COc1ccc(C23CCC(NC(=O)Nc4ccc5c(c4)CCC5)CC2N(C)CC3)cc1OC.O=C(O)C(F)(F)F. The van der Waals surface area contributed by atoms with Crippen molar-refractivity contribution >= 4 is 17.7 Å². The summed E-state index contributed by atoms with van der Waals surface area (Å²) >= 11 is 0. The third kappa shape index (κ3) is 6.29. The molecule has 40 heavy (non-hydrogen) atoms. The zero-order chi connectivity index (χ0) is 29.1. The second-order valence-electron chi connectivity index (χ2n) is 10.7.